The fraction of sp³-hybridized carbons (Fsp3) is 0.500. The number of hydrogen-bond acceptors (Lipinski definition) is 7. The minimum absolute atomic E-state index is 0.117. The van der Waals surface area contributed by atoms with Crippen LogP contribution in [0.25, 0.3) is 0 Å². The Balaban J connectivity index is 2.23. The monoisotopic (exact) mass is 498 g/mol. The molecule has 0 aliphatic carbocycles. The van der Waals surface area contributed by atoms with Crippen LogP contribution < -0.4 is 29.0 Å². The maximum atomic E-state index is 11.4. The van der Waals surface area contributed by atoms with Crippen molar-refractivity contribution >= 4 is 6.41 Å². The van der Waals surface area contributed by atoms with E-state index in [1.807, 2.05) is 30.3 Å². The number of benzene rings is 2. The fourth-order valence-corrected chi connectivity index (χ4v) is 4.68. The molecular formula is C28H38N2O6. The maximum absolute atomic E-state index is 11.4. The van der Waals surface area contributed by atoms with Gasteiger partial charge in [0, 0.05) is 6.04 Å². The third-order valence-corrected chi connectivity index (χ3v) is 6.49. The maximum Gasteiger partial charge on any atom is 0.207 e. The van der Waals surface area contributed by atoms with E-state index in [-0.39, 0.29) is 6.04 Å². The molecule has 2 aromatic carbocycles. The number of methoxy groups -OCH3 is 5. The minimum Gasteiger partial charge on any atom is -0.493 e. The number of hydrogen-bond donors (Lipinski definition) is 1. The molecule has 196 valence electrons. The third-order valence-electron chi connectivity index (χ3n) is 6.49. The summed E-state index contributed by atoms with van der Waals surface area (Å²) in [6, 6.07) is 11.9. The summed E-state index contributed by atoms with van der Waals surface area (Å²) in [5, 5.41) is 13.2. The van der Waals surface area contributed by atoms with Crippen LogP contribution in [0.15, 0.2) is 30.3 Å². The number of carbonyl (C=O) groups is 1. The van der Waals surface area contributed by atoms with Crippen molar-refractivity contribution in [2.75, 3.05) is 35.5 Å². The molecule has 0 aliphatic rings. The van der Waals surface area contributed by atoms with Gasteiger partial charge in [-0.25, -0.2) is 0 Å². The Labute approximate surface area is 214 Å². The van der Waals surface area contributed by atoms with Crippen LogP contribution in [0, 0.1) is 11.3 Å². The van der Waals surface area contributed by atoms with Gasteiger partial charge in [-0.05, 0) is 67.5 Å². The van der Waals surface area contributed by atoms with Gasteiger partial charge in [0.05, 0.1) is 47.0 Å². The summed E-state index contributed by atoms with van der Waals surface area (Å²) >= 11 is 0. The van der Waals surface area contributed by atoms with E-state index in [0.29, 0.717) is 48.0 Å². The number of rotatable bonds is 16. The zero-order valence-corrected chi connectivity index (χ0v) is 22.2. The van der Waals surface area contributed by atoms with Gasteiger partial charge in [-0.1, -0.05) is 19.4 Å². The van der Waals surface area contributed by atoms with Crippen molar-refractivity contribution in [1.29, 1.82) is 5.26 Å². The van der Waals surface area contributed by atoms with E-state index < -0.39 is 5.41 Å². The SMILES string of the molecule is CCC[C@@](C#N)(CCC[C@@H](Cc1cc(OC)c(OC)c(OC)c1)NC=O)c1ccc(OC)c(OC)c1. The Hall–Kier alpha value is -3.60. The number of nitrogens with one attached hydrogen (secondary N) is 1. The van der Waals surface area contributed by atoms with Crippen LogP contribution in [-0.4, -0.2) is 48.0 Å². The summed E-state index contributed by atoms with van der Waals surface area (Å²) in [7, 11) is 7.90. The highest BCUT2D eigenvalue weighted by Gasteiger charge is 2.32. The van der Waals surface area contributed by atoms with Crippen molar-refractivity contribution in [2.45, 2.75) is 56.9 Å². The second kappa shape index (κ2) is 14.1. The molecule has 0 aliphatic heterocycles. The molecule has 8 nitrogen and oxygen atoms in total. The Morgan fingerprint density at radius 1 is 0.917 bits per heavy atom. The second-order valence-electron chi connectivity index (χ2n) is 8.63. The lowest BCUT2D eigenvalue weighted by Crippen LogP contribution is -2.31. The van der Waals surface area contributed by atoms with Crippen molar-refractivity contribution in [3.63, 3.8) is 0 Å². The lowest BCUT2D eigenvalue weighted by atomic mass is 9.74. The zero-order chi connectivity index (χ0) is 26.6. The molecule has 0 heterocycles. The van der Waals surface area contributed by atoms with Gasteiger partial charge < -0.3 is 29.0 Å². The average molecular weight is 499 g/mol. The number of nitriles is 1. The molecule has 1 N–H and O–H groups in total. The van der Waals surface area contributed by atoms with Crippen LogP contribution >= 0.6 is 0 Å². The molecular weight excluding hydrogens is 460 g/mol. The minimum atomic E-state index is -0.660. The molecule has 0 aromatic heterocycles. The molecule has 36 heavy (non-hydrogen) atoms. The molecule has 2 atom stereocenters. The number of nitrogens with zero attached hydrogens (tertiary/aromatic N) is 1. The first-order valence-corrected chi connectivity index (χ1v) is 12.1. The van der Waals surface area contributed by atoms with Gasteiger partial charge in [0.15, 0.2) is 23.0 Å². The van der Waals surface area contributed by atoms with E-state index in [9.17, 15) is 10.1 Å². The van der Waals surface area contributed by atoms with Gasteiger partial charge >= 0.3 is 0 Å². The highest BCUT2D eigenvalue weighted by atomic mass is 16.5. The topological polar surface area (TPSA) is 99.0 Å². The lowest BCUT2D eigenvalue weighted by molar-refractivity contribution is -0.110. The summed E-state index contributed by atoms with van der Waals surface area (Å²) < 4.78 is 27.2. The van der Waals surface area contributed by atoms with E-state index in [2.05, 4.69) is 18.3 Å². The molecule has 0 radical (unpaired) electrons. The van der Waals surface area contributed by atoms with Crippen LogP contribution in [0.3, 0.4) is 0 Å². The molecule has 2 aromatic rings. The Kier molecular flexibility index (Phi) is 11.2. The van der Waals surface area contributed by atoms with Gasteiger partial charge in [-0.3, -0.25) is 4.79 Å². The van der Waals surface area contributed by atoms with Crippen LogP contribution in [0.5, 0.6) is 28.7 Å². The zero-order valence-electron chi connectivity index (χ0n) is 22.2. The predicted octanol–water partition coefficient (Wildman–Crippen LogP) is 4.82. The van der Waals surface area contributed by atoms with Crippen LogP contribution in [0.2, 0.25) is 0 Å². The summed E-state index contributed by atoms with van der Waals surface area (Å²) in [6.45, 7) is 2.08. The van der Waals surface area contributed by atoms with Crippen LogP contribution in [0.1, 0.15) is 50.2 Å². The molecule has 2 rings (SSSR count). The summed E-state index contributed by atoms with van der Waals surface area (Å²) in [5.41, 5.74) is 1.20. The molecule has 0 fully saturated rings. The van der Waals surface area contributed by atoms with Gasteiger partial charge in [0.2, 0.25) is 12.2 Å². The summed E-state index contributed by atoms with van der Waals surface area (Å²) in [5.74, 6) is 2.89. The first kappa shape index (κ1) is 28.6. The van der Waals surface area contributed by atoms with Crippen molar-refractivity contribution in [3.8, 4) is 34.8 Å². The summed E-state index contributed by atoms with van der Waals surface area (Å²) in [4.78, 5) is 11.4. The van der Waals surface area contributed by atoms with Crippen molar-refractivity contribution < 1.29 is 28.5 Å². The van der Waals surface area contributed by atoms with E-state index in [4.69, 9.17) is 23.7 Å². The largest absolute Gasteiger partial charge is 0.493 e. The summed E-state index contributed by atoms with van der Waals surface area (Å²) in [6.07, 6.45) is 4.99. The smallest absolute Gasteiger partial charge is 0.207 e. The number of ether oxygens (including phenoxy) is 5. The van der Waals surface area contributed by atoms with Gasteiger partial charge in [0.1, 0.15) is 0 Å². The molecule has 0 unspecified atom stereocenters. The highest BCUT2D eigenvalue weighted by molar-refractivity contribution is 5.54. The molecule has 0 bridgehead atoms. The van der Waals surface area contributed by atoms with Gasteiger partial charge in [0.25, 0.3) is 0 Å². The van der Waals surface area contributed by atoms with Crippen LogP contribution in [0.4, 0.5) is 0 Å². The Morgan fingerprint density at radius 3 is 2.06 bits per heavy atom. The van der Waals surface area contributed by atoms with Gasteiger partial charge in [-0.15, -0.1) is 0 Å². The molecule has 0 saturated heterocycles. The van der Waals surface area contributed by atoms with E-state index in [1.54, 1.807) is 35.5 Å². The number of carbonyl (C=O) groups excluding carboxylic acids is 1. The Bertz CT molecular complexity index is 1010. The molecule has 0 spiro atoms. The third kappa shape index (κ3) is 6.75. The van der Waals surface area contributed by atoms with Crippen molar-refractivity contribution in [2.24, 2.45) is 0 Å². The van der Waals surface area contributed by atoms with Crippen molar-refractivity contribution in [3.05, 3.63) is 41.5 Å². The molecule has 0 saturated carbocycles. The fourth-order valence-electron chi connectivity index (χ4n) is 4.68. The molecule has 8 heteroatoms. The van der Waals surface area contributed by atoms with Crippen molar-refractivity contribution in [1.82, 2.24) is 5.32 Å². The first-order chi connectivity index (χ1) is 17.4. The predicted molar refractivity (Wildman–Crippen MR) is 138 cm³/mol. The lowest BCUT2D eigenvalue weighted by Gasteiger charge is -2.28. The quantitative estimate of drug-likeness (QED) is 0.331. The standard InChI is InChI=1S/C28H38N2O6/c1-7-12-28(18-29,21-10-11-23(32-2)24(17-21)33-3)13-8-9-22(30-19-31)14-20-15-25(34-4)27(36-6)26(16-20)35-5/h10-11,15-17,19,22H,7-9,12-14H2,1-6H3,(H,30,31)/t22-,28-/m0/s1. The van der Waals surface area contributed by atoms with E-state index in [0.717, 1.165) is 36.8 Å². The Morgan fingerprint density at radius 2 is 1.56 bits per heavy atom. The normalized spacial score (nSPS) is 13.0. The first-order valence-electron chi connectivity index (χ1n) is 12.1. The molecule has 1 amide bonds. The second-order valence-corrected chi connectivity index (χ2v) is 8.63. The van der Waals surface area contributed by atoms with Crippen LogP contribution in [-0.2, 0) is 16.6 Å². The number of amides is 1. The van der Waals surface area contributed by atoms with Gasteiger partial charge in [-0.2, -0.15) is 5.26 Å². The van der Waals surface area contributed by atoms with E-state index >= 15 is 0 Å². The average Bonchev–Trinajstić information content (AvgIpc) is 2.91. The van der Waals surface area contributed by atoms with E-state index in [1.165, 1.54) is 0 Å². The highest BCUT2D eigenvalue weighted by Crippen LogP contribution is 2.40.